The highest BCUT2D eigenvalue weighted by molar-refractivity contribution is 7.90. The first-order chi connectivity index (χ1) is 10.1. The van der Waals surface area contributed by atoms with Crippen molar-refractivity contribution >= 4 is 20.0 Å². The van der Waals surface area contributed by atoms with Crippen LogP contribution in [0, 0.1) is 0 Å². The largest absolute Gasteiger partial charge is 0.329 e. The van der Waals surface area contributed by atoms with Crippen molar-refractivity contribution in [2.75, 3.05) is 6.54 Å². The fourth-order valence-electron chi connectivity index (χ4n) is 1.76. The number of hydrogen-bond donors (Lipinski definition) is 3. The maximum absolute atomic E-state index is 12.3. The van der Waals surface area contributed by atoms with Gasteiger partial charge in [0.1, 0.15) is 0 Å². The van der Waals surface area contributed by atoms with Crippen LogP contribution in [0.15, 0.2) is 34.1 Å². The Kier molecular flexibility index (Phi) is 4.65. The molecule has 0 heterocycles. The summed E-state index contributed by atoms with van der Waals surface area (Å²) in [5.41, 5.74) is 4.70. The summed E-state index contributed by atoms with van der Waals surface area (Å²) in [6.07, 6.45) is 1.62. The Balaban J connectivity index is 2.31. The van der Waals surface area contributed by atoms with Crippen molar-refractivity contribution < 1.29 is 16.8 Å². The van der Waals surface area contributed by atoms with E-state index in [0.717, 1.165) is 18.9 Å². The average Bonchev–Trinajstić information content (AvgIpc) is 3.21. The molecule has 0 spiro atoms. The Morgan fingerprint density at radius 2 is 1.68 bits per heavy atom. The van der Waals surface area contributed by atoms with Gasteiger partial charge in [0.05, 0.1) is 9.79 Å². The molecular formula is C13H21N3O4S2. The molecule has 4 N–H and O–H groups in total. The smallest absolute Gasteiger partial charge is 0.241 e. The number of benzene rings is 1. The van der Waals surface area contributed by atoms with E-state index >= 15 is 0 Å². The molecule has 1 aromatic carbocycles. The summed E-state index contributed by atoms with van der Waals surface area (Å²) < 4.78 is 54.0. The van der Waals surface area contributed by atoms with Gasteiger partial charge in [-0.15, -0.1) is 0 Å². The molecule has 0 unspecified atom stereocenters. The highest BCUT2D eigenvalue weighted by Gasteiger charge is 2.29. The van der Waals surface area contributed by atoms with Gasteiger partial charge >= 0.3 is 0 Å². The topological polar surface area (TPSA) is 118 Å². The van der Waals surface area contributed by atoms with Crippen LogP contribution in [0.25, 0.3) is 0 Å². The number of hydrogen-bond acceptors (Lipinski definition) is 5. The van der Waals surface area contributed by atoms with Gasteiger partial charge in [0.25, 0.3) is 0 Å². The second-order valence-corrected chi connectivity index (χ2v) is 9.46. The van der Waals surface area contributed by atoms with Crippen LogP contribution in [-0.2, 0) is 20.0 Å². The highest BCUT2D eigenvalue weighted by Crippen LogP contribution is 2.23. The third-order valence-corrected chi connectivity index (χ3v) is 6.46. The Hall–Kier alpha value is -1.00. The van der Waals surface area contributed by atoms with Crippen LogP contribution in [-0.4, -0.2) is 35.0 Å². The number of rotatable bonds is 7. The normalized spacial score (nSPS) is 16.7. The lowest BCUT2D eigenvalue weighted by Gasteiger charge is -2.24. The van der Waals surface area contributed by atoms with E-state index in [0.29, 0.717) is 0 Å². The van der Waals surface area contributed by atoms with E-state index in [2.05, 4.69) is 9.44 Å². The second kappa shape index (κ2) is 5.89. The van der Waals surface area contributed by atoms with Crippen molar-refractivity contribution in [2.24, 2.45) is 5.73 Å². The van der Waals surface area contributed by atoms with Crippen LogP contribution >= 0.6 is 0 Å². The predicted molar refractivity (Wildman–Crippen MR) is 83.2 cm³/mol. The van der Waals surface area contributed by atoms with Gasteiger partial charge in [0, 0.05) is 18.1 Å². The van der Waals surface area contributed by atoms with E-state index in [-0.39, 0.29) is 22.4 Å². The molecular weight excluding hydrogens is 326 g/mol. The molecule has 1 aromatic rings. The minimum absolute atomic E-state index is 0.0421. The lowest BCUT2D eigenvalue weighted by Crippen LogP contribution is -2.48. The lowest BCUT2D eigenvalue weighted by atomic mass is 10.1. The molecule has 0 amide bonds. The summed E-state index contributed by atoms with van der Waals surface area (Å²) in [7, 11) is -7.54. The molecule has 2 rings (SSSR count). The molecule has 0 saturated heterocycles. The summed E-state index contributed by atoms with van der Waals surface area (Å²) in [4.78, 5) is -0.166. The minimum atomic E-state index is -3.85. The predicted octanol–water partition coefficient (Wildman–Crippen LogP) is 0.143. The van der Waals surface area contributed by atoms with Gasteiger partial charge in [-0.3, -0.25) is 0 Å². The van der Waals surface area contributed by atoms with Gasteiger partial charge in [0.2, 0.25) is 20.0 Å². The summed E-state index contributed by atoms with van der Waals surface area (Å²) in [5.74, 6) is 0. The Bertz CT molecular complexity index is 753. The molecule has 1 aliphatic carbocycles. The third kappa shape index (κ3) is 4.26. The van der Waals surface area contributed by atoms with Crippen molar-refractivity contribution in [2.45, 2.75) is 48.1 Å². The van der Waals surface area contributed by atoms with Crippen molar-refractivity contribution in [3.8, 4) is 0 Å². The van der Waals surface area contributed by atoms with Crippen molar-refractivity contribution in [3.63, 3.8) is 0 Å². The van der Waals surface area contributed by atoms with Crippen LogP contribution in [0.4, 0.5) is 0 Å². The van der Waals surface area contributed by atoms with Crippen molar-refractivity contribution in [3.05, 3.63) is 24.3 Å². The first-order valence-corrected chi connectivity index (χ1v) is 9.89. The zero-order chi connectivity index (χ0) is 16.6. The molecule has 7 nitrogen and oxygen atoms in total. The zero-order valence-corrected chi connectivity index (χ0v) is 14.2. The van der Waals surface area contributed by atoms with Gasteiger partial charge in [-0.2, -0.15) is 0 Å². The van der Waals surface area contributed by atoms with E-state index in [1.165, 1.54) is 18.2 Å². The van der Waals surface area contributed by atoms with Gasteiger partial charge in [-0.25, -0.2) is 26.3 Å². The third-order valence-electron chi connectivity index (χ3n) is 3.25. The van der Waals surface area contributed by atoms with E-state index in [1.807, 2.05) is 0 Å². The second-order valence-electron chi connectivity index (χ2n) is 6.06. The maximum Gasteiger partial charge on any atom is 0.241 e. The number of nitrogens with two attached hydrogens (primary N) is 1. The molecule has 1 saturated carbocycles. The maximum atomic E-state index is 12.3. The van der Waals surface area contributed by atoms with Gasteiger partial charge in [0.15, 0.2) is 0 Å². The minimum Gasteiger partial charge on any atom is -0.329 e. The molecule has 0 bridgehead atoms. The number of nitrogens with one attached hydrogen (secondary N) is 2. The molecule has 22 heavy (non-hydrogen) atoms. The number of sulfonamides is 2. The average molecular weight is 347 g/mol. The monoisotopic (exact) mass is 347 g/mol. The van der Waals surface area contributed by atoms with Gasteiger partial charge < -0.3 is 5.73 Å². The Morgan fingerprint density at radius 3 is 2.18 bits per heavy atom. The summed E-state index contributed by atoms with van der Waals surface area (Å²) in [6.45, 7) is 3.42. The summed E-state index contributed by atoms with van der Waals surface area (Å²) in [6, 6.07) is 5.24. The molecule has 9 heteroatoms. The van der Waals surface area contributed by atoms with Crippen molar-refractivity contribution in [1.82, 2.24) is 9.44 Å². The first kappa shape index (κ1) is 17.4. The Morgan fingerprint density at radius 1 is 1.14 bits per heavy atom. The fourth-order valence-corrected chi connectivity index (χ4v) is 4.66. The molecule has 1 aliphatic rings. The highest BCUT2D eigenvalue weighted by atomic mass is 32.2. The lowest BCUT2D eigenvalue weighted by molar-refractivity contribution is 0.462. The standard InChI is InChI=1S/C13H21N3O4S2/c1-13(2,9-14)16-22(19,20)12-5-3-4-11(8-12)21(17,18)15-10-6-7-10/h3-5,8,10,15-16H,6-7,9,14H2,1-2H3. The SMILES string of the molecule is CC(C)(CN)NS(=O)(=O)c1cccc(S(=O)(=O)NC2CC2)c1. The van der Waals surface area contributed by atoms with Crippen LogP contribution in [0.3, 0.4) is 0 Å². The van der Waals surface area contributed by atoms with Crippen LogP contribution in [0.1, 0.15) is 26.7 Å². The van der Waals surface area contributed by atoms with Gasteiger partial charge in [-0.1, -0.05) is 6.07 Å². The van der Waals surface area contributed by atoms with Crippen molar-refractivity contribution in [1.29, 1.82) is 0 Å². The van der Waals surface area contributed by atoms with E-state index in [4.69, 9.17) is 5.73 Å². The zero-order valence-electron chi connectivity index (χ0n) is 12.5. The molecule has 1 fully saturated rings. The van der Waals surface area contributed by atoms with Gasteiger partial charge in [-0.05, 0) is 44.9 Å². The quantitative estimate of drug-likeness (QED) is 0.648. The molecule has 0 aromatic heterocycles. The van der Waals surface area contributed by atoms with E-state index in [9.17, 15) is 16.8 Å². The molecule has 0 aliphatic heterocycles. The molecule has 0 radical (unpaired) electrons. The van der Waals surface area contributed by atoms with E-state index in [1.54, 1.807) is 13.8 Å². The summed E-state index contributed by atoms with van der Waals surface area (Å²) >= 11 is 0. The van der Waals surface area contributed by atoms with Crippen LogP contribution < -0.4 is 15.2 Å². The van der Waals surface area contributed by atoms with E-state index < -0.39 is 25.6 Å². The molecule has 124 valence electrons. The molecule has 0 atom stereocenters. The Labute approximate surface area is 131 Å². The first-order valence-electron chi connectivity index (χ1n) is 6.92. The summed E-state index contributed by atoms with van der Waals surface area (Å²) in [5, 5.41) is 0. The fraction of sp³-hybridized carbons (Fsp3) is 0.538. The van der Waals surface area contributed by atoms with Crippen LogP contribution in [0.2, 0.25) is 0 Å². The van der Waals surface area contributed by atoms with Crippen LogP contribution in [0.5, 0.6) is 0 Å².